The number of ether oxygens (including phenoxy) is 1. The maximum atomic E-state index is 13.3. The molecule has 1 unspecified atom stereocenters. The molecule has 4 aromatic rings. The summed E-state index contributed by atoms with van der Waals surface area (Å²) in [6.45, 7) is 22.4. The third kappa shape index (κ3) is 6.46. The van der Waals surface area contributed by atoms with Gasteiger partial charge in [0.05, 0.1) is 24.0 Å². The van der Waals surface area contributed by atoms with Crippen molar-refractivity contribution in [1.82, 2.24) is 19.5 Å². The lowest BCUT2D eigenvalue weighted by Crippen LogP contribution is -2.48. The number of anilines is 2. The van der Waals surface area contributed by atoms with Crippen molar-refractivity contribution in [2.45, 2.75) is 109 Å². The molecule has 2 aromatic carbocycles. The molecule has 3 heterocycles. The van der Waals surface area contributed by atoms with Crippen molar-refractivity contribution in [1.29, 1.82) is 0 Å². The number of H-pyrrole nitrogens is 1. The number of hydrogen-bond acceptors (Lipinski definition) is 10. The van der Waals surface area contributed by atoms with Gasteiger partial charge in [-0.3, -0.25) is 24.5 Å². The van der Waals surface area contributed by atoms with Gasteiger partial charge in [0.1, 0.15) is 24.1 Å². The predicted molar refractivity (Wildman–Crippen MR) is 198 cm³/mol. The first kappa shape index (κ1) is 36.1. The maximum Gasteiger partial charge on any atom is 0.293 e. The molecule has 13 nitrogen and oxygen atoms in total. The van der Waals surface area contributed by atoms with Crippen molar-refractivity contribution in [3.05, 3.63) is 74.3 Å². The van der Waals surface area contributed by atoms with Gasteiger partial charge >= 0.3 is 0 Å². The van der Waals surface area contributed by atoms with Crippen molar-refractivity contribution in [3.8, 4) is 11.1 Å². The Labute approximate surface area is 293 Å². The smallest absolute Gasteiger partial charge is 0.293 e. The third-order valence-electron chi connectivity index (χ3n) is 11.0. The third-order valence-corrected chi connectivity index (χ3v) is 20.1. The van der Waals surface area contributed by atoms with Gasteiger partial charge in [0, 0.05) is 12.5 Å². The van der Waals surface area contributed by atoms with Crippen LogP contribution in [-0.2, 0) is 13.6 Å². The number of aliphatic hydroxyl groups is 1. The lowest BCUT2D eigenvalue weighted by Gasteiger charge is -2.40. The molecular formula is C35H48N6O7Si2. The van der Waals surface area contributed by atoms with Crippen LogP contribution in [0.3, 0.4) is 0 Å². The molecule has 2 aliphatic rings. The summed E-state index contributed by atoms with van der Waals surface area (Å²) in [5, 5.41) is 26.1. The molecule has 1 aliphatic heterocycles. The Kier molecular flexibility index (Phi) is 9.01. The van der Waals surface area contributed by atoms with E-state index < -0.39 is 39.4 Å². The number of imidazole rings is 1. The molecule has 3 N–H and O–H groups in total. The summed E-state index contributed by atoms with van der Waals surface area (Å²) in [6, 6.07) is 10.3. The number of nitrogens with zero attached hydrogens (tertiary/aromatic N) is 4. The first-order chi connectivity index (χ1) is 23.2. The molecule has 15 heteroatoms. The summed E-state index contributed by atoms with van der Waals surface area (Å²) in [7, 11) is -4.30. The van der Waals surface area contributed by atoms with Crippen LogP contribution in [0.25, 0.3) is 22.3 Å². The van der Waals surface area contributed by atoms with Crippen LogP contribution in [0.4, 0.5) is 17.3 Å². The van der Waals surface area contributed by atoms with E-state index in [4.69, 9.17) is 18.6 Å². The summed E-state index contributed by atoms with van der Waals surface area (Å²) in [5.41, 5.74) is 2.28. The van der Waals surface area contributed by atoms with Gasteiger partial charge in [0.15, 0.2) is 27.8 Å². The summed E-state index contributed by atoms with van der Waals surface area (Å²) in [4.78, 5) is 36.7. The zero-order chi connectivity index (χ0) is 36.6. The lowest BCUT2D eigenvalue weighted by molar-refractivity contribution is -0.384. The van der Waals surface area contributed by atoms with Crippen molar-refractivity contribution < 1.29 is 23.6 Å². The fourth-order valence-corrected chi connectivity index (χ4v) is 8.37. The van der Waals surface area contributed by atoms with Crippen LogP contribution in [0, 0.1) is 10.1 Å². The van der Waals surface area contributed by atoms with E-state index in [1.165, 1.54) is 12.4 Å². The average molecular weight is 721 g/mol. The minimum Gasteiger partial charge on any atom is -0.414 e. The molecule has 0 radical (unpaired) electrons. The van der Waals surface area contributed by atoms with Gasteiger partial charge in [0.2, 0.25) is 5.95 Å². The minimum atomic E-state index is -2.20. The number of aromatic nitrogens is 4. The number of nitrogens with one attached hydrogen (secondary N) is 2. The summed E-state index contributed by atoms with van der Waals surface area (Å²) < 4.78 is 22.0. The molecule has 1 fully saturated rings. The van der Waals surface area contributed by atoms with Gasteiger partial charge in [-0.2, -0.15) is 4.98 Å². The monoisotopic (exact) mass is 720 g/mol. The van der Waals surface area contributed by atoms with E-state index in [1.54, 1.807) is 16.7 Å². The molecule has 1 aliphatic carbocycles. The fourth-order valence-electron chi connectivity index (χ4n) is 5.99. The highest BCUT2D eigenvalue weighted by Gasteiger charge is 2.47. The molecule has 6 rings (SSSR count). The number of aromatic amines is 1. The van der Waals surface area contributed by atoms with Gasteiger partial charge in [-0.25, -0.2) is 4.98 Å². The van der Waals surface area contributed by atoms with Gasteiger partial charge in [0.25, 0.3) is 11.2 Å². The fraction of sp³-hybridized carbons (Fsp3) is 0.514. The van der Waals surface area contributed by atoms with E-state index in [0.29, 0.717) is 29.7 Å². The van der Waals surface area contributed by atoms with E-state index in [9.17, 15) is 20.0 Å². The molecule has 0 bridgehead atoms. The number of rotatable bonds is 9. The van der Waals surface area contributed by atoms with Crippen molar-refractivity contribution in [2.24, 2.45) is 0 Å². The largest absolute Gasteiger partial charge is 0.414 e. The normalized spacial score (nSPS) is 21.0. The number of hydrogen-bond donors (Lipinski definition) is 3. The molecule has 0 saturated carbocycles. The second-order valence-corrected chi connectivity index (χ2v) is 26.0. The second-order valence-electron chi connectivity index (χ2n) is 16.4. The SMILES string of the molecule is CC(C)(C)[Si](C)(C)OC[C@H]1O[C@@H](n2cnc3c(=O)[nH]c(Nc4cc5c(cc4[N+](=O)[O-])C(O)c4ccccc4-5)nc32)C[C@@H]1O[Si](C)(C)C(C)(C)C. The Balaban J connectivity index is 1.34. The Bertz CT molecular complexity index is 2010. The van der Waals surface area contributed by atoms with Gasteiger partial charge in [-0.1, -0.05) is 65.8 Å². The molecule has 1 saturated heterocycles. The number of benzene rings is 2. The molecule has 268 valence electrons. The number of nitro groups is 1. The second kappa shape index (κ2) is 12.5. The highest BCUT2D eigenvalue weighted by molar-refractivity contribution is 6.74. The maximum absolute atomic E-state index is 13.3. The standard InChI is InChI=1S/C35H48N6O7Si2/c1-34(2,3)49(7,8)46-18-27-26(48-50(9,10)35(4,5)6)17-28(47-27)40-19-36-29-31(40)38-33(39-32(29)43)37-24-15-22-20-13-11-12-14-21(20)30(42)23(22)16-25(24)41(44)45/h11-16,19,26-28,30,42H,17-18H2,1-10H3,(H2,37,38,39,43)/t26-,27+,28+,30?/m0/s1. The van der Waals surface area contributed by atoms with Crippen molar-refractivity contribution in [2.75, 3.05) is 11.9 Å². The quantitative estimate of drug-likeness (QED) is 0.0893. The highest BCUT2D eigenvalue weighted by atomic mass is 28.4. The van der Waals surface area contributed by atoms with E-state index >= 15 is 0 Å². The van der Waals surface area contributed by atoms with Crippen LogP contribution < -0.4 is 10.9 Å². The van der Waals surface area contributed by atoms with Crippen molar-refractivity contribution >= 4 is 45.1 Å². The van der Waals surface area contributed by atoms with Crippen LogP contribution >= 0.6 is 0 Å². The van der Waals surface area contributed by atoms with Crippen LogP contribution in [0.5, 0.6) is 0 Å². The van der Waals surface area contributed by atoms with Gasteiger partial charge in [-0.05, 0) is 64.6 Å². The van der Waals surface area contributed by atoms with Crippen LogP contribution in [0.1, 0.15) is 71.4 Å². The number of nitro benzene ring substituents is 1. The number of aliphatic hydroxyl groups excluding tert-OH is 1. The van der Waals surface area contributed by atoms with Crippen LogP contribution in [-0.4, -0.2) is 65.0 Å². The molecule has 0 amide bonds. The van der Waals surface area contributed by atoms with Crippen molar-refractivity contribution in [3.63, 3.8) is 0 Å². The topological polar surface area (TPSA) is 167 Å². The summed E-state index contributed by atoms with van der Waals surface area (Å²) in [6.07, 6.45) is -0.0964. The first-order valence-corrected chi connectivity index (χ1v) is 22.8. The van der Waals surface area contributed by atoms with E-state index in [1.807, 2.05) is 18.2 Å². The van der Waals surface area contributed by atoms with Gasteiger partial charge < -0.3 is 24.0 Å². The van der Waals surface area contributed by atoms with Crippen LogP contribution in [0.2, 0.25) is 36.3 Å². The Hall–Kier alpha value is -3.74. The van der Waals surface area contributed by atoms with Gasteiger partial charge in [-0.15, -0.1) is 0 Å². The highest BCUT2D eigenvalue weighted by Crippen LogP contribution is 2.47. The molecule has 0 spiro atoms. The Morgan fingerprint density at radius 2 is 1.74 bits per heavy atom. The molecule has 4 atom stereocenters. The minimum absolute atomic E-state index is 0.00371. The Morgan fingerprint density at radius 1 is 1.06 bits per heavy atom. The van der Waals surface area contributed by atoms with E-state index in [0.717, 1.165) is 5.56 Å². The summed E-state index contributed by atoms with van der Waals surface area (Å²) >= 11 is 0. The average Bonchev–Trinajstić information content (AvgIpc) is 3.69. The van der Waals surface area contributed by atoms with E-state index in [-0.39, 0.29) is 50.8 Å². The molecular weight excluding hydrogens is 673 g/mol. The summed E-state index contributed by atoms with van der Waals surface area (Å²) in [5.74, 6) is 0.00371. The Morgan fingerprint density at radius 3 is 2.40 bits per heavy atom. The molecule has 50 heavy (non-hydrogen) atoms. The van der Waals surface area contributed by atoms with E-state index in [2.05, 4.69) is 83.0 Å². The molecule has 2 aromatic heterocycles. The predicted octanol–water partition coefficient (Wildman–Crippen LogP) is 7.53. The first-order valence-electron chi connectivity index (χ1n) is 17.0. The number of fused-ring (bicyclic) bond motifs is 4. The zero-order valence-corrected chi connectivity index (χ0v) is 32.5. The zero-order valence-electron chi connectivity index (χ0n) is 30.5. The van der Waals surface area contributed by atoms with Crippen LogP contribution in [0.15, 0.2) is 47.5 Å². The lowest BCUT2D eigenvalue weighted by atomic mass is 10.0.